The van der Waals surface area contributed by atoms with E-state index in [1.165, 1.54) is 18.2 Å². The van der Waals surface area contributed by atoms with Crippen molar-refractivity contribution in [1.29, 1.82) is 0 Å². The summed E-state index contributed by atoms with van der Waals surface area (Å²) >= 11 is 0. The third-order valence-corrected chi connectivity index (χ3v) is 7.56. The Balaban J connectivity index is 0.00000280. The highest BCUT2D eigenvalue weighted by molar-refractivity contribution is 5.76. The molecule has 0 radical (unpaired) electrons. The SMILES string of the molecule is C.OC1CCC(n2c(Nc3c(F)cccc3F)nc3cnc(NC4CCC5(CC4)OCCO5)nc32)CC1. The fourth-order valence-corrected chi connectivity index (χ4v) is 5.61. The lowest BCUT2D eigenvalue weighted by Crippen LogP contribution is -2.39. The molecule has 6 rings (SSSR count). The van der Waals surface area contributed by atoms with E-state index in [-0.39, 0.29) is 31.3 Å². The van der Waals surface area contributed by atoms with Crippen LogP contribution in [-0.4, -0.2) is 55.8 Å². The van der Waals surface area contributed by atoms with Crippen LogP contribution >= 0.6 is 0 Å². The summed E-state index contributed by atoms with van der Waals surface area (Å²) < 4.78 is 42.4. The quantitative estimate of drug-likeness (QED) is 0.432. The molecule has 2 aromatic heterocycles. The average molecular weight is 517 g/mol. The third-order valence-electron chi connectivity index (χ3n) is 7.56. The van der Waals surface area contributed by atoms with E-state index >= 15 is 0 Å². The number of benzene rings is 1. The number of hydrogen-bond acceptors (Lipinski definition) is 8. The smallest absolute Gasteiger partial charge is 0.224 e. The highest BCUT2D eigenvalue weighted by Crippen LogP contribution is 2.38. The van der Waals surface area contributed by atoms with Gasteiger partial charge in [-0.15, -0.1) is 0 Å². The number of aromatic nitrogens is 4. The summed E-state index contributed by atoms with van der Waals surface area (Å²) in [6.07, 6.45) is 7.37. The summed E-state index contributed by atoms with van der Waals surface area (Å²) in [7, 11) is 0. The van der Waals surface area contributed by atoms with E-state index in [4.69, 9.17) is 14.5 Å². The Labute approximate surface area is 214 Å². The minimum atomic E-state index is -0.702. The summed E-state index contributed by atoms with van der Waals surface area (Å²) in [5, 5.41) is 16.3. The molecule has 37 heavy (non-hydrogen) atoms. The van der Waals surface area contributed by atoms with Crippen molar-refractivity contribution in [2.75, 3.05) is 23.8 Å². The Hall–Kier alpha value is -2.89. The van der Waals surface area contributed by atoms with Gasteiger partial charge in [-0.1, -0.05) is 13.5 Å². The first-order valence-electron chi connectivity index (χ1n) is 12.7. The van der Waals surface area contributed by atoms with Gasteiger partial charge >= 0.3 is 0 Å². The number of ether oxygens (including phenoxy) is 2. The third kappa shape index (κ3) is 5.12. The molecule has 0 amide bonds. The first kappa shape index (κ1) is 25.7. The maximum atomic E-state index is 14.4. The van der Waals surface area contributed by atoms with Gasteiger partial charge in [-0.25, -0.2) is 18.7 Å². The number of rotatable bonds is 5. The van der Waals surface area contributed by atoms with Crippen LogP contribution in [0.3, 0.4) is 0 Å². The van der Waals surface area contributed by atoms with Crippen LogP contribution in [0.25, 0.3) is 11.2 Å². The van der Waals surface area contributed by atoms with Gasteiger partial charge < -0.3 is 25.2 Å². The van der Waals surface area contributed by atoms with E-state index in [0.29, 0.717) is 62.0 Å². The number of nitrogens with zero attached hydrogens (tertiary/aromatic N) is 4. The molecule has 1 aliphatic heterocycles. The summed E-state index contributed by atoms with van der Waals surface area (Å²) in [5.74, 6) is -1.05. The number of anilines is 3. The number of hydrogen-bond donors (Lipinski definition) is 3. The van der Waals surface area contributed by atoms with Gasteiger partial charge in [-0.2, -0.15) is 4.98 Å². The zero-order valence-electron chi connectivity index (χ0n) is 19.9. The normalized spacial score (nSPS) is 23.8. The van der Waals surface area contributed by atoms with Crippen LogP contribution in [0.2, 0.25) is 0 Å². The number of halogens is 2. The van der Waals surface area contributed by atoms with E-state index < -0.39 is 17.4 Å². The van der Waals surface area contributed by atoms with Crippen LogP contribution in [-0.2, 0) is 9.47 Å². The summed E-state index contributed by atoms with van der Waals surface area (Å²) in [6, 6.07) is 3.89. The molecule has 0 atom stereocenters. The second kappa shape index (κ2) is 10.5. The average Bonchev–Trinajstić information content (AvgIpc) is 3.48. The van der Waals surface area contributed by atoms with E-state index in [1.807, 2.05) is 4.57 Å². The fourth-order valence-electron chi connectivity index (χ4n) is 5.61. The molecule has 200 valence electrons. The molecule has 0 unspecified atom stereocenters. The lowest BCUT2D eigenvalue weighted by atomic mass is 9.90. The van der Waals surface area contributed by atoms with Crippen molar-refractivity contribution in [2.24, 2.45) is 0 Å². The molecule has 0 bridgehead atoms. The molecule has 1 saturated heterocycles. The molecule has 3 N–H and O–H groups in total. The minimum absolute atomic E-state index is 0. The number of aliphatic hydroxyl groups is 1. The summed E-state index contributed by atoms with van der Waals surface area (Å²) in [6.45, 7) is 1.29. The van der Waals surface area contributed by atoms with Crippen LogP contribution in [0.5, 0.6) is 0 Å². The molecule has 3 aliphatic rings. The molecule has 2 saturated carbocycles. The Kier molecular flexibility index (Phi) is 7.28. The first-order valence-corrected chi connectivity index (χ1v) is 12.7. The Morgan fingerprint density at radius 2 is 1.65 bits per heavy atom. The molecule has 1 spiro atoms. The molecule has 2 aliphatic carbocycles. The standard InChI is InChI=1S/C25H30F2N6O3.CH4/c26-18-2-1-3-19(27)21(18)31-24-30-20-14-28-23(29-15-8-10-25(11-9-15)35-12-13-36-25)32-22(20)33(24)16-4-6-17(34)7-5-16;/h1-3,14-17,34H,4-13H2,(H,30,31)(H,28,29,32);1H4. The molecule has 3 aromatic rings. The number of aliphatic hydroxyl groups excluding tert-OH is 1. The molecule has 3 fully saturated rings. The molecule has 3 heterocycles. The monoisotopic (exact) mass is 516 g/mol. The maximum absolute atomic E-state index is 14.4. The van der Waals surface area contributed by atoms with Crippen LogP contribution < -0.4 is 10.6 Å². The minimum Gasteiger partial charge on any atom is -0.393 e. The zero-order chi connectivity index (χ0) is 24.7. The number of fused-ring (bicyclic) bond motifs is 1. The van der Waals surface area contributed by atoms with Crippen LogP contribution in [0.1, 0.15) is 64.8 Å². The van der Waals surface area contributed by atoms with Crippen LogP contribution in [0, 0.1) is 11.6 Å². The molecule has 11 heteroatoms. The predicted molar refractivity (Wildman–Crippen MR) is 136 cm³/mol. The van der Waals surface area contributed by atoms with E-state index in [0.717, 1.165) is 25.7 Å². The van der Waals surface area contributed by atoms with Crippen molar-refractivity contribution in [3.63, 3.8) is 0 Å². The summed E-state index contributed by atoms with van der Waals surface area (Å²) in [4.78, 5) is 13.8. The van der Waals surface area contributed by atoms with Gasteiger partial charge in [-0.05, 0) is 50.7 Å². The highest BCUT2D eigenvalue weighted by Gasteiger charge is 2.40. The van der Waals surface area contributed by atoms with Gasteiger partial charge in [0.2, 0.25) is 11.9 Å². The van der Waals surface area contributed by atoms with Crippen molar-refractivity contribution in [3.8, 4) is 0 Å². The van der Waals surface area contributed by atoms with Crippen molar-refractivity contribution < 1.29 is 23.4 Å². The van der Waals surface area contributed by atoms with E-state index in [1.54, 1.807) is 6.20 Å². The molecular weight excluding hydrogens is 482 g/mol. The lowest BCUT2D eigenvalue weighted by molar-refractivity contribution is -0.177. The first-order chi connectivity index (χ1) is 17.5. The largest absolute Gasteiger partial charge is 0.393 e. The van der Waals surface area contributed by atoms with Crippen molar-refractivity contribution in [1.82, 2.24) is 19.5 Å². The second-order valence-electron chi connectivity index (χ2n) is 9.92. The van der Waals surface area contributed by atoms with Crippen LogP contribution in [0.4, 0.5) is 26.4 Å². The Morgan fingerprint density at radius 1 is 0.973 bits per heavy atom. The Morgan fingerprint density at radius 3 is 2.32 bits per heavy atom. The summed E-state index contributed by atoms with van der Waals surface area (Å²) in [5.41, 5.74) is 0.854. The maximum Gasteiger partial charge on any atom is 0.224 e. The zero-order valence-corrected chi connectivity index (χ0v) is 19.9. The van der Waals surface area contributed by atoms with Gasteiger partial charge in [0, 0.05) is 24.9 Å². The number of para-hydroxylation sites is 1. The van der Waals surface area contributed by atoms with E-state index in [2.05, 4.69) is 20.6 Å². The second-order valence-corrected chi connectivity index (χ2v) is 9.92. The van der Waals surface area contributed by atoms with Gasteiger partial charge in [0.15, 0.2) is 11.4 Å². The fraction of sp³-hybridized carbons (Fsp3) is 0.577. The van der Waals surface area contributed by atoms with Crippen molar-refractivity contribution in [2.45, 2.75) is 82.8 Å². The van der Waals surface area contributed by atoms with Crippen LogP contribution in [0.15, 0.2) is 24.4 Å². The van der Waals surface area contributed by atoms with Gasteiger partial charge in [0.25, 0.3) is 0 Å². The molecule has 1 aromatic carbocycles. The van der Waals surface area contributed by atoms with E-state index in [9.17, 15) is 13.9 Å². The van der Waals surface area contributed by atoms with Crippen molar-refractivity contribution in [3.05, 3.63) is 36.0 Å². The molecular formula is C26H34F2N6O3. The van der Waals surface area contributed by atoms with Crippen molar-refractivity contribution >= 4 is 28.7 Å². The lowest BCUT2D eigenvalue weighted by Gasteiger charge is -2.35. The molecule has 9 nitrogen and oxygen atoms in total. The van der Waals surface area contributed by atoms with Gasteiger partial charge in [0.1, 0.15) is 22.8 Å². The number of nitrogens with one attached hydrogen (secondary N) is 2. The van der Waals surface area contributed by atoms with Gasteiger partial charge in [-0.3, -0.25) is 4.57 Å². The predicted octanol–water partition coefficient (Wildman–Crippen LogP) is 5.06. The van der Waals surface area contributed by atoms with Gasteiger partial charge in [0.05, 0.1) is 25.5 Å². The highest BCUT2D eigenvalue weighted by atomic mass is 19.1. The topological polar surface area (TPSA) is 106 Å². The number of imidazole rings is 1. The Bertz CT molecular complexity index is 1210.